The normalized spacial score (nSPS) is 10.5. The molecule has 4 rings (SSSR count). The van der Waals surface area contributed by atoms with Crippen LogP contribution in [-0.2, 0) is 6.61 Å². The van der Waals surface area contributed by atoms with Crippen LogP contribution >= 0.6 is 11.6 Å². The number of amides is 1. The molecule has 1 heterocycles. The van der Waals surface area contributed by atoms with E-state index in [9.17, 15) is 14.9 Å². The second kappa shape index (κ2) is 9.27. The maximum Gasteiger partial charge on any atom is 0.270 e. The molecule has 160 valence electrons. The highest BCUT2D eigenvalue weighted by Crippen LogP contribution is 2.29. The zero-order valence-electron chi connectivity index (χ0n) is 16.4. The van der Waals surface area contributed by atoms with Crippen LogP contribution in [0.2, 0.25) is 5.02 Å². The molecule has 0 spiro atoms. The predicted molar refractivity (Wildman–Crippen MR) is 117 cm³/mol. The molecule has 32 heavy (non-hydrogen) atoms. The van der Waals surface area contributed by atoms with Crippen LogP contribution in [-0.4, -0.2) is 21.0 Å². The molecule has 9 nitrogen and oxygen atoms in total. The number of anilines is 1. The Kier molecular flexibility index (Phi) is 6.09. The van der Waals surface area contributed by atoms with Gasteiger partial charge in [0.1, 0.15) is 5.75 Å². The van der Waals surface area contributed by atoms with Crippen molar-refractivity contribution in [3.63, 3.8) is 0 Å². The van der Waals surface area contributed by atoms with Crippen molar-refractivity contribution in [2.75, 3.05) is 5.32 Å². The maximum atomic E-state index is 12.7. The fourth-order valence-electron chi connectivity index (χ4n) is 2.86. The third kappa shape index (κ3) is 4.73. The summed E-state index contributed by atoms with van der Waals surface area (Å²) in [6.45, 7) is 0.112. The Morgan fingerprint density at radius 3 is 2.59 bits per heavy atom. The first-order chi connectivity index (χ1) is 15.5. The molecule has 0 aliphatic carbocycles. The first kappa shape index (κ1) is 21.0. The molecule has 1 aromatic heterocycles. The standard InChI is InChI=1S/C22H15ClN4O5/c23-18-12-14(27(29)30)10-11-16(18)21(28)24-19-9-5-4-8-17(19)22-25-20(26-32-22)13-31-15-6-2-1-3-7-15/h1-12H,13H2,(H,24,28). The molecule has 3 aromatic carbocycles. The number of carbonyl (C=O) groups is 1. The SMILES string of the molecule is O=C(Nc1ccccc1-c1nc(COc2ccccc2)no1)c1ccc([N+](=O)[O-])cc1Cl. The van der Waals surface area contributed by atoms with Crippen molar-refractivity contribution in [3.8, 4) is 17.2 Å². The van der Waals surface area contributed by atoms with E-state index in [-0.39, 0.29) is 28.8 Å². The second-order valence-electron chi connectivity index (χ2n) is 6.54. The van der Waals surface area contributed by atoms with Gasteiger partial charge in [-0.15, -0.1) is 0 Å². The smallest absolute Gasteiger partial charge is 0.270 e. The van der Waals surface area contributed by atoms with E-state index < -0.39 is 10.8 Å². The van der Waals surface area contributed by atoms with Crippen LogP contribution in [0.25, 0.3) is 11.5 Å². The fourth-order valence-corrected chi connectivity index (χ4v) is 3.12. The summed E-state index contributed by atoms with van der Waals surface area (Å²) in [5.41, 5.74) is 0.793. The number of rotatable bonds is 7. The van der Waals surface area contributed by atoms with Gasteiger partial charge in [0.05, 0.1) is 26.8 Å². The molecule has 0 aliphatic rings. The van der Waals surface area contributed by atoms with Gasteiger partial charge in [-0.2, -0.15) is 4.98 Å². The molecule has 0 bridgehead atoms. The summed E-state index contributed by atoms with van der Waals surface area (Å²) in [5, 5.41) is 17.5. The van der Waals surface area contributed by atoms with Crippen molar-refractivity contribution in [1.82, 2.24) is 10.1 Å². The number of hydrogen-bond donors (Lipinski definition) is 1. The molecule has 0 saturated carbocycles. The fraction of sp³-hybridized carbons (Fsp3) is 0.0455. The average Bonchev–Trinajstić information content (AvgIpc) is 3.27. The molecule has 0 unspecified atom stereocenters. The molecule has 1 amide bonds. The van der Waals surface area contributed by atoms with Crippen LogP contribution in [0.4, 0.5) is 11.4 Å². The van der Waals surface area contributed by atoms with Gasteiger partial charge < -0.3 is 14.6 Å². The Bertz CT molecular complexity index is 1280. The van der Waals surface area contributed by atoms with E-state index in [4.69, 9.17) is 20.9 Å². The van der Waals surface area contributed by atoms with Gasteiger partial charge in [0.15, 0.2) is 6.61 Å². The van der Waals surface area contributed by atoms with Gasteiger partial charge in [0.2, 0.25) is 5.82 Å². The predicted octanol–water partition coefficient (Wildman–Crippen LogP) is 5.13. The summed E-state index contributed by atoms with van der Waals surface area (Å²) in [6.07, 6.45) is 0. The lowest BCUT2D eigenvalue weighted by molar-refractivity contribution is -0.384. The quantitative estimate of drug-likeness (QED) is 0.306. The summed E-state index contributed by atoms with van der Waals surface area (Å²) in [5.74, 6) is 0.668. The van der Waals surface area contributed by atoms with Crippen molar-refractivity contribution in [3.05, 3.63) is 99.3 Å². The molecule has 0 radical (unpaired) electrons. The minimum absolute atomic E-state index is 0.0349. The minimum Gasteiger partial charge on any atom is -0.485 e. The molecule has 4 aromatic rings. The van der Waals surface area contributed by atoms with Gasteiger partial charge in [0, 0.05) is 12.1 Å². The largest absolute Gasteiger partial charge is 0.485 e. The number of halogens is 1. The lowest BCUT2D eigenvalue weighted by atomic mass is 10.1. The molecular weight excluding hydrogens is 436 g/mol. The lowest BCUT2D eigenvalue weighted by Gasteiger charge is -2.09. The van der Waals surface area contributed by atoms with Crippen molar-refractivity contribution in [2.24, 2.45) is 0 Å². The lowest BCUT2D eigenvalue weighted by Crippen LogP contribution is -2.13. The van der Waals surface area contributed by atoms with Gasteiger partial charge in [-0.3, -0.25) is 14.9 Å². The van der Waals surface area contributed by atoms with Crippen LogP contribution < -0.4 is 10.1 Å². The highest BCUT2D eigenvalue weighted by molar-refractivity contribution is 6.34. The third-order valence-corrected chi connectivity index (χ3v) is 4.71. The third-order valence-electron chi connectivity index (χ3n) is 4.39. The number of nitrogens with zero attached hydrogens (tertiary/aromatic N) is 3. The Morgan fingerprint density at radius 2 is 1.84 bits per heavy atom. The number of hydrogen-bond acceptors (Lipinski definition) is 7. The van der Waals surface area contributed by atoms with Crippen molar-refractivity contribution in [1.29, 1.82) is 0 Å². The maximum absolute atomic E-state index is 12.7. The van der Waals surface area contributed by atoms with Gasteiger partial charge in [0.25, 0.3) is 17.5 Å². The first-order valence-electron chi connectivity index (χ1n) is 9.36. The molecular formula is C22H15ClN4O5. The Labute approximate surface area is 186 Å². The van der Waals surface area contributed by atoms with Crippen molar-refractivity contribution < 1.29 is 19.0 Å². The first-order valence-corrected chi connectivity index (χ1v) is 9.74. The van der Waals surface area contributed by atoms with E-state index in [1.54, 1.807) is 24.3 Å². The average molecular weight is 451 g/mol. The summed E-state index contributed by atoms with van der Waals surface area (Å²) in [4.78, 5) is 27.3. The van der Waals surface area contributed by atoms with Crippen LogP contribution in [0.5, 0.6) is 5.75 Å². The highest BCUT2D eigenvalue weighted by atomic mass is 35.5. The van der Waals surface area contributed by atoms with Crippen LogP contribution in [0.1, 0.15) is 16.2 Å². The molecule has 0 atom stereocenters. The van der Waals surface area contributed by atoms with Crippen LogP contribution in [0, 0.1) is 10.1 Å². The molecule has 10 heteroatoms. The summed E-state index contributed by atoms with van der Waals surface area (Å²) in [6, 6.07) is 19.7. The highest BCUT2D eigenvalue weighted by Gasteiger charge is 2.18. The second-order valence-corrected chi connectivity index (χ2v) is 6.95. The van der Waals surface area contributed by atoms with E-state index in [0.29, 0.717) is 22.8 Å². The van der Waals surface area contributed by atoms with Crippen LogP contribution in [0.3, 0.4) is 0 Å². The van der Waals surface area contributed by atoms with E-state index in [1.807, 2.05) is 30.3 Å². The number of para-hydroxylation sites is 2. The number of nitro groups is 1. The number of nitro benzene ring substituents is 1. The number of ether oxygens (including phenoxy) is 1. The number of nitrogens with one attached hydrogen (secondary N) is 1. The topological polar surface area (TPSA) is 120 Å². The van der Waals surface area contributed by atoms with E-state index in [0.717, 1.165) is 6.07 Å². The zero-order chi connectivity index (χ0) is 22.5. The molecule has 0 saturated heterocycles. The molecule has 0 fully saturated rings. The van der Waals surface area contributed by atoms with Gasteiger partial charge in [-0.25, -0.2) is 0 Å². The van der Waals surface area contributed by atoms with Gasteiger partial charge in [-0.05, 0) is 30.3 Å². The van der Waals surface area contributed by atoms with E-state index >= 15 is 0 Å². The van der Waals surface area contributed by atoms with E-state index in [2.05, 4.69) is 15.5 Å². The number of non-ortho nitro benzene ring substituents is 1. The molecule has 1 N–H and O–H groups in total. The minimum atomic E-state index is -0.586. The monoisotopic (exact) mass is 450 g/mol. The summed E-state index contributed by atoms with van der Waals surface area (Å²) in [7, 11) is 0. The Hall–Kier alpha value is -4.24. The molecule has 0 aliphatic heterocycles. The van der Waals surface area contributed by atoms with E-state index in [1.165, 1.54) is 12.1 Å². The van der Waals surface area contributed by atoms with Crippen LogP contribution in [0.15, 0.2) is 77.3 Å². The number of aromatic nitrogens is 2. The van der Waals surface area contributed by atoms with Gasteiger partial charge >= 0.3 is 0 Å². The summed E-state index contributed by atoms with van der Waals surface area (Å²) >= 11 is 6.06. The number of carbonyl (C=O) groups excluding carboxylic acids is 1. The van der Waals surface area contributed by atoms with Gasteiger partial charge in [-0.1, -0.05) is 47.1 Å². The van der Waals surface area contributed by atoms with Crippen molar-refractivity contribution in [2.45, 2.75) is 6.61 Å². The summed E-state index contributed by atoms with van der Waals surface area (Å²) < 4.78 is 11.0. The van der Waals surface area contributed by atoms with Crippen molar-refractivity contribution >= 4 is 28.9 Å². The number of benzene rings is 3. The Morgan fingerprint density at radius 1 is 1.09 bits per heavy atom. The zero-order valence-corrected chi connectivity index (χ0v) is 17.2. The Balaban J connectivity index is 1.52.